The van der Waals surface area contributed by atoms with E-state index in [4.69, 9.17) is 4.52 Å². The number of aliphatic carboxylic acids is 1. The van der Waals surface area contributed by atoms with Gasteiger partial charge in [0, 0.05) is 5.56 Å². The zero-order valence-electron chi connectivity index (χ0n) is 13.1. The van der Waals surface area contributed by atoms with E-state index in [0.717, 1.165) is 5.56 Å². The molecule has 0 aliphatic heterocycles. The Morgan fingerprint density at radius 3 is 2.48 bits per heavy atom. The average molecular weight is 297 g/mol. The highest BCUT2D eigenvalue weighted by atomic mass is 16.5. The molecule has 0 spiro atoms. The van der Waals surface area contributed by atoms with E-state index >= 15 is 0 Å². The van der Waals surface area contributed by atoms with Crippen LogP contribution in [0.3, 0.4) is 0 Å². The smallest absolute Gasteiger partial charge is 0.329 e. The average Bonchev–Trinajstić information content (AvgIpc) is 2.68. The van der Waals surface area contributed by atoms with Gasteiger partial charge in [0.2, 0.25) is 0 Å². The van der Waals surface area contributed by atoms with Gasteiger partial charge in [-0.25, -0.2) is 9.59 Å². The van der Waals surface area contributed by atoms with E-state index in [-0.39, 0.29) is 6.04 Å². The molecule has 2 atom stereocenters. The van der Waals surface area contributed by atoms with E-state index < -0.39 is 17.5 Å². The summed E-state index contributed by atoms with van der Waals surface area (Å²) in [4.78, 5) is 23.3. The van der Waals surface area contributed by atoms with Crippen LogP contribution in [0.1, 0.15) is 56.7 Å². The van der Waals surface area contributed by atoms with Gasteiger partial charge in [0.25, 0.3) is 0 Å². The van der Waals surface area contributed by atoms with Gasteiger partial charge < -0.3 is 20.3 Å². The van der Waals surface area contributed by atoms with Crippen LogP contribution in [-0.2, 0) is 4.79 Å². The fraction of sp³-hybridized carbons (Fsp3) is 0.643. The van der Waals surface area contributed by atoms with Gasteiger partial charge in [-0.3, -0.25) is 0 Å². The van der Waals surface area contributed by atoms with Gasteiger partial charge in [-0.05, 0) is 34.1 Å². The molecule has 7 heteroatoms. The molecule has 0 saturated heterocycles. The van der Waals surface area contributed by atoms with Crippen molar-refractivity contribution < 1.29 is 19.2 Å². The molecule has 0 aliphatic rings. The number of carboxylic acids is 1. The Morgan fingerprint density at radius 2 is 2.05 bits per heavy atom. The maximum Gasteiger partial charge on any atom is 0.329 e. The predicted molar refractivity (Wildman–Crippen MR) is 77.0 cm³/mol. The number of rotatable bonds is 6. The molecule has 1 rings (SSSR count). The molecule has 0 aromatic carbocycles. The highest BCUT2D eigenvalue weighted by molar-refractivity contribution is 5.86. The van der Waals surface area contributed by atoms with Crippen molar-refractivity contribution in [1.29, 1.82) is 0 Å². The summed E-state index contributed by atoms with van der Waals surface area (Å²) in [6.07, 6.45) is 1.01. The number of hydrogen-bond donors (Lipinski definition) is 3. The fourth-order valence-electron chi connectivity index (χ4n) is 2.39. The lowest BCUT2D eigenvalue weighted by Crippen LogP contribution is -2.55. The molecular weight excluding hydrogens is 274 g/mol. The van der Waals surface area contributed by atoms with Crippen molar-refractivity contribution in [2.45, 2.75) is 59.0 Å². The van der Waals surface area contributed by atoms with E-state index in [0.29, 0.717) is 24.3 Å². The first-order chi connectivity index (χ1) is 9.71. The molecular formula is C14H23N3O4. The van der Waals surface area contributed by atoms with Crippen LogP contribution < -0.4 is 10.6 Å². The van der Waals surface area contributed by atoms with Crippen LogP contribution in [0.5, 0.6) is 0 Å². The summed E-state index contributed by atoms with van der Waals surface area (Å²) in [5, 5.41) is 18.3. The first-order valence-corrected chi connectivity index (χ1v) is 6.96. The number of hydrogen-bond acceptors (Lipinski definition) is 4. The molecule has 0 aliphatic carbocycles. The number of carbonyl (C=O) groups excluding carboxylic acids is 1. The summed E-state index contributed by atoms with van der Waals surface area (Å²) >= 11 is 0. The summed E-state index contributed by atoms with van der Waals surface area (Å²) < 4.78 is 5.06. The van der Waals surface area contributed by atoms with Crippen molar-refractivity contribution in [3.05, 3.63) is 17.0 Å². The maximum atomic E-state index is 12.0. The van der Waals surface area contributed by atoms with E-state index in [9.17, 15) is 14.7 Å². The van der Waals surface area contributed by atoms with Crippen molar-refractivity contribution >= 4 is 12.0 Å². The molecule has 1 aromatic rings. The van der Waals surface area contributed by atoms with Crippen LogP contribution >= 0.6 is 0 Å². The summed E-state index contributed by atoms with van der Waals surface area (Å²) in [5.41, 5.74) is 0.226. The number of amides is 2. The zero-order chi connectivity index (χ0) is 16.2. The third-order valence-electron chi connectivity index (χ3n) is 3.48. The quantitative estimate of drug-likeness (QED) is 0.747. The molecule has 1 aromatic heterocycles. The summed E-state index contributed by atoms with van der Waals surface area (Å²) in [6.45, 7) is 8.72. The number of aromatic nitrogens is 1. The number of urea groups is 1. The van der Waals surface area contributed by atoms with E-state index in [2.05, 4.69) is 15.8 Å². The maximum absolute atomic E-state index is 12.0. The third-order valence-corrected chi connectivity index (χ3v) is 3.48. The second kappa shape index (κ2) is 6.60. The molecule has 7 nitrogen and oxygen atoms in total. The normalized spacial score (nSPS) is 15.1. The van der Waals surface area contributed by atoms with Crippen molar-refractivity contribution in [3.8, 4) is 0 Å². The van der Waals surface area contributed by atoms with Crippen LogP contribution in [0.25, 0.3) is 0 Å². The second-order valence-electron chi connectivity index (χ2n) is 5.45. The molecule has 3 N–H and O–H groups in total. The summed E-state index contributed by atoms with van der Waals surface area (Å²) in [5.74, 6) is -0.417. The Bertz CT molecular complexity index is 507. The van der Waals surface area contributed by atoms with Gasteiger partial charge in [0.1, 0.15) is 11.3 Å². The molecule has 0 bridgehead atoms. The van der Waals surface area contributed by atoms with Crippen molar-refractivity contribution in [1.82, 2.24) is 15.8 Å². The summed E-state index contributed by atoms with van der Waals surface area (Å²) in [7, 11) is 0. The minimum atomic E-state index is -1.28. The first kappa shape index (κ1) is 17.0. The molecule has 21 heavy (non-hydrogen) atoms. The molecule has 1 heterocycles. The van der Waals surface area contributed by atoms with Gasteiger partial charge in [-0.2, -0.15) is 0 Å². The van der Waals surface area contributed by atoms with E-state index in [1.54, 1.807) is 20.8 Å². The van der Waals surface area contributed by atoms with Crippen LogP contribution in [0.2, 0.25) is 0 Å². The molecule has 0 radical (unpaired) electrons. The number of carbonyl (C=O) groups is 2. The highest BCUT2D eigenvalue weighted by Crippen LogP contribution is 2.21. The lowest BCUT2D eigenvalue weighted by molar-refractivity contribution is -0.144. The van der Waals surface area contributed by atoms with Gasteiger partial charge >= 0.3 is 12.0 Å². The fourth-order valence-corrected chi connectivity index (χ4v) is 2.39. The predicted octanol–water partition coefficient (Wildman–Crippen LogP) is 2.30. The SMILES string of the molecule is CCCC(C)(NC(=O)NC(C)c1c(C)noc1C)C(=O)O. The molecule has 118 valence electrons. The van der Waals surface area contributed by atoms with Crippen LogP contribution in [0.15, 0.2) is 4.52 Å². The molecule has 0 fully saturated rings. The first-order valence-electron chi connectivity index (χ1n) is 6.96. The third kappa shape index (κ3) is 3.96. The van der Waals surface area contributed by atoms with Gasteiger partial charge in [-0.1, -0.05) is 18.5 Å². The number of carboxylic acid groups (broad SMARTS) is 1. The van der Waals surface area contributed by atoms with E-state index in [1.165, 1.54) is 6.92 Å². The highest BCUT2D eigenvalue weighted by Gasteiger charge is 2.34. The summed E-state index contributed by atoms with van der Waals surface area (Å²) in [6, 6.07) is -0.850. The number of nitrogens with one attached hydrogen (secondary N) is 2. The Hall–Kier alpha value is -2.05. The monoisotopic (exact) mass is 297 g/mol. The number of aryl methyl sites for hydroxylation is 2. The van der Waals surface area contributed by atoms with Crippen LogP contribution in [-0.4, -0.2) is 27.8 Å². The van der Waals surface area contributed by atoms with Crippen molar-refractivity contribution in [2.24, 2.45) is 0 Å². The Morgan fingerprint density at radius 1 is 1.43 bits per heavy atom. The topological polar surface area (TPSA) is 104 Å². The van der Waals surface area contributed by atoms with Gasteiger partial charge in [0.15, 0.2) is 0 Å². The molecule has 2 unspecified atom stereocenters. The van der Waals surface area contributed by atoms with Gasteiger partial charge in [-0.15, -0.1) is 0 Å². The van der Waals surface area contributed by atoms with Crippen LogP contribution in [0.4, 0.5) is 4.79 Å². The minimum absolute atomic E-state index is 0.323. The Kier molecular flexibility index (Phi) is 5.34. The molecule has 0 saturated carbocycles. The van der Waals surface area contributed by atoms with Crippen molar-refractivity contribution in [3.63, 3.8) is 0 Å². The lowest BCUT2D eigenvalue weighted by Gasteiger charge is -2.27. The zero-order valence-corrected chi connectivity index (χ0v) is 13.1. The van der Waals surface area contributed by atoms with Crippen molar-refractivity contribution in [2.75, 3.05) is 0 Å². The van der Waals surface area contributed by atoms with Crippen LogP contribution in [0, 0.1) is 13.8 Å². The largest absolute Gasteiger partial charge is 0.480 e. The Balaban J connectivity index is 2.75. The lowest BCUT2D eigenvalue weighted by atomic mass is 9.96. The molecule has 2 amide bonds. The number of nitrogens with zero attached hydrogens (tertiary/aromatic N) is 1. The second-order valence-corrected chi connectivity index (χ2v) is 5.45. The standard InChI is InChI=1S/C14H23N3O4/c1-6-7-14(5,12(18)19)16-13(20)15-8(2)11-9(3)17-21-10(11)4/h8H,6-7H2,1-5H3,(H,18,19)(H2,15,16,20). The minimum Gasteiger partial charge on any atom is -0.480 e. The Labute approximate surface area is 124 Å². The van der Waals surface area contributed by atoms with E-state index in [1.807, 2.05) is 6.92 Å². The van der Waals surface area contributed by atoms with Gasteiger partial charge in [0.05, 0.1) is 11.7 Å².